The number of aromatic nitrogens is 2. The van der Waals surface area contributed by atoms with E-state index >= 15 is 0 Å². The smallest absolute Gasteiger partial charge is 0.105 e. The molecular formula is C12H17N3S. The van der Waals surface area contributed by atoms with Crippen LogP contribution in [-0.2, 0) is 26.4 Å². The van der Waals surface area contributed by atoms with Crippen LogP contribution in [0, 0.1) is 6.92 Å². The second-order valence-electron chi connectivity index (χ2n) is 3.89. The zero-order valence-electron chi connectivity index (χ0n) is 9.73. The minimum Gasteiger partial charge on any atom is -0.334 e. The lowest BCUT2D eigenvalue weighted by Gasteiger charge is -2.02. The number of imidazole rings is 1. The highest BCUT2D eigenvalue weighted by molar-refractivity contribution is 7.09. The van der Waals surface area contributed by atoms with Gasteiger partial charge in [0.15, 0.2) is 0 Å². The highest BCUT2D eigenvalue weighted by atomic mass is 32.1. The van der Waals surface area contributed by atoms with Gasteiger partial charge in [-0.2, -0.15) is 0 Å². The van der Waals surface area contributed by atoms with Crippen LogP contribution in [0.3, 0.4) is 0 Å². The van der Waals surface area contributed by atoms with Gasteiger partial charge in [0, 0.05) is 18.5 Å². The highest BCUT2D eigenvalue weighted by Crippen LogP contribution is 2.15. The van der Waals surface area contributed by atoms with Gasteiger partial charge in [-0.1, -0.05) is 6.07 Å². The van der Waals surface area contributed by atoms with Gasteiger partial charge < -0.3 is 10.3 Å². The van der Waals surface area contributed by atoms with Gasteiger partial charge in [-0.3, -0.25) is 0 Å². The van der Waals surface area contributed by atoms with E-state index in [1.54, 1.807) is 11.3 Å². The Labute approximate surface area is 99.9 Å². The van der Waals surface area contributed by atoms with Gasteiger partial charge in [-0.25, -0.2) is 4.98 Å². The average Bonchev–Trinajstić information content (AvgIpc) is 2.86. The van der Waals surface area contributed by atoms with E-state index in [2.05, 4.69) is 27.1 Å². The number of nitrogens with zero attached hydrogens (tertiary/aromatic N) is 2. The molecule has 0 radical (unpaired) electrons. The van der Waals surface area contributed by atoms with Crippen molar-refractivity contribution in [3.8, 4) is 0 Å². The summed E-state index contributed by atoms with van der Waals surface area (Å²) in [6.45, 7) is 2.59. The molecule has 2 rings (SSSR count). The van der Waals surface area contributed by atoms with Crippen molar-refractivity contribution >= 4 is 11.3 Å². The average molecular weight is 235 g/mol. The van der Waals surface area contributed by atoms with E-state index in [0.717, 1.165) is 30.1 Å². The van der Waals surface area contributed by atoms with Crippen molar-refractivity contribution in [1.82, 2.24) is 9.55 Å². The third kappa shape index (κ3) is 2.18. The van der Waals surface area contributed by atoms with E-state index in [1.165, 1.54) is 4.88 Å². The van der Waals surface area contributed by atoms with Gasteiger partial charge in [0.25, 0.3) is 0 Å². The van der Waals surface area contributed by atoms with Crippen LogP contribution < -0.4 is 5.73 Å². The molecule has 0 unspecified atom stereocenters. The van der Waals surface area contributed by atoms with Crippen molar-refractivity contribution in [3.63, 3.8) is 0 Å². The van der Waals surface area contributed by atoms with Crippen LogP contribution in [0.5, 0.6) is 0 Å². The molecule has 16 heavy (non-hydrogen) atoms. The summed E-state index contributed by atoms with van der Waals surface area (Å²) >= 11 is 1.80. The summed E-state index contributed by atoms with van der Waals surface area (Å²) in [5.74, 6) is 1.04. The first kappa shape index (κ1) is 11.4. The third-order valence-corrected chi connectivity index (χ3v) is 3.84. The predicted molar refractivity (Wildman–Crippen MR) is 67.6 cm³/mol. The van der Waals surface area contributed by atoms with Crippen molar-refractivity contribution in [2.24, 2.45) is 12.8 Å². The maximum absolute atomic E-state index is 5.76. The van der Waals surface area contributed by atoms with E-state index in [4.69, 9.17) is 5.73 Å². The molecule has 86 valence electrons. The number of nitrogens with two attached hydrogens (primary N) is 1. The zero-order valence-corrected chi connectivity index (χ0v) is 10.5. The molecule has 0 aliphatic carbocycles. The molecule has 0 aliphatic rings. The topological polar surface area (TPSA) is 43.8 Å². The summed E-state index contributed by atoms with van der Waals surface area (Å²) < 4.78 is 2.09. The lowest BCUT2D eigenvalue weighted by atomic mass is 10.2. The molecule has 2 aromatic rings. The first-order valence-electron chi connectivity index (χ1n) is 5.46. The summed E-state index contributed by atoms with van der Waals surface area (Å²) in [5, 5.41) is 2.11. The third-order valence-electron chi connectivity index (χ3n) is 2.90. The van der Waals surface area contributed by atoms with Crippen molar-refractivity contribution in [2.75, 3.05) is 0 Å². The van der Waals surface area contributed by atoms with Crippen molar-refractivity contribution < 1.29 is 0 Å². The van der Waals surface area contributed by atoms with Crippen LogP contribution >= 0.6 is 11.3 Å². The fourth-order valence-electron chi connectivity index (χ4n) is 1.88. The summed E-state index contributed by atoms with van der Waals surface area (Å²) in [4.78, 5) is 5.98. The number of hydrogen-bond donors (Lipinski definition) is 1. The molecule has 2 N–H and O–H groups in total. The van der Waals surface area contributed by atoms with Crippen molar-refractivity contribution in [3.05, 3.63) is 39.6 Å². The molecule has 4 heteroatoms. The Morgan fingerprint density at radius 3 is 2.88 bits per heavy atom. The number of hydrogen-bond acceptors (Lipinski definition) is 3. The predicted octanol–water partition coefficient (Wildman–Crippen LogP) is 2.03. The van der Waals surface area contributed by atoms with Gasteiger partial charge >= 0.3 is 0 Å². The fourth-order valence-corrected chi connectivity index (χ4v) is 2.58. The zero-order chi connectivity index (χ0) is 11.5. The molecule has 2 heterocycles. The minimum absolute atomic E-state index is 0.567. The van der Waals surface area contributed by atoms with Crippen LogP contribution in [0.15, 0.2) is 17.5 Å². The van der Waals surface area contributed by atoms with Crippen molar-refractivity contribution in [2.45, 2.75) is 26.3 Å². The van der Waals surface area contributed by atoms with E-state index in [1.807, 2.05) is 14.0 Å². The molecule has 0 saturated carbocycles. The molecule has 3 nitrogen and oxygen atoms in total. The first-order valence-corrected chi connectivity index (χ1v) is 6.34. The molecule has 0 atom stereocenters. The second-order valence-corrected chi connectivity index (χ2v) is 4.93. The molecule has 0 aliphatic heterocycles. The standard InChI is InChI=1S/C12H17N3S/c1-9-14-11(12(8-13)15(9)2)6-5-10-4-3-7-16-10/h3-4,7H,5-6,8,13H2,1-2H3. The lowest BCUT2D eigenvalue weighted by Crippen LogP contribution is -2.07. The quantitative estimate of drug-likeness (QED) is 0.881. The van der Waals surface area contributed by atoms with Gasteiger partial charge in [0.2, 0.25) is 0 Å². The van der Waals surface area contributed by atoms with E-state index < -0.39 is 0 Å². The maximum atomic E-state index is 5.76. The molecule has 0 saturated heterocycles. The van der Waals surface area contributed by atoms with E-state index in [-0.39, 0.29) is 0 Å². The Morgan fingerprint density at radius 1 is 1.44 bits per heavy atom. The van der Waals surface area contributed by atoms with Gasteiger partial charge in [0.05, 0.1) is 11.4 Å². The van der Waals surface area contributed by atoms with Crippen LogP contribution in [0.4, 0.5) is 0 Å². The van der Waals surface area contributed by atoms with E-state index in [9.17, 15) is 0 Å². The molecule has 0 spiro atoms. The summed E-state index contributed by atoms with van der Waals surface area (Å²) in [6, 6.07) is 4.26. The van der Waals surface area contributed by atoms with Gasteiger partial charge in [-0.15, -0.1) is 11.3 Å². The number of thiophene rings is 1. The first-order chi connectivity index (χ1) is 7.72. The minimum atomic E-state index is 0.567. The number of rotatable bonds is 4. The molecule has 0 bridgehead atoms. The fraction of sp³-hybridized carbons (Fsp3) is 0.417. The van der Waals surface area contributed by atoms with Crippen LogP contribution in [0.2, 0.25) is 0 Å². The SMILES string of the molecule is Cc1nc(CCc2cccs2)c(CN)n1C. The molecule has 2 aromatic heterocycles. The summed E-state index contributed by atoms with van der Waals surface area (Å²) in [6.07, 6.45) is 2.04. The Balaban J connectivity index is 2.12. The Kier molecular flexibility index (Phi) is 3.41. The Hall–Kier alpha value is -1.13. The largest absolute Gasteiger partial charge is 0.334 e. The van der Waals surface area contributed by atoms with Crippen LogP contribution in [-0.4, -0.2) is 9.55 Å². The van der Waals surface area contributed by atoms with Crippen molar-refractivity contribution in [1.29, 1.82) is 0 Å². The maximum Gasteiger partial charge on any atom is 0.105 e. The molecule has 0 aromatic carbocycles. The molecule has 0 fully saturated rings. The lowest BCUT2D eigenvalue weighted by molar-refractivity contribution is 0.780. The van der Waals surface area contributed by atoms with Gasteiger partial charge in [0.1, 0.15) is 5.82 Å². The number of aryl methyl sites for hydroxylation is 3. The highest BCUT2D eigenvalue weighted by Gasteiger charge is 2.10. The summed E-state index contributed by atoms with van der Waals surface area (Å²) in [7, 11) is 2.03. The van der Waals surface area contributed by atoms with Crippen LogP contribution in [0.1, 0.15) is 22.1 Å². The molecular weight excluding hydrogens is 218 g/mol. The summed E-state index contributed by atoms with van der Waals surface area (Å²) in [5.41, 5.74) is 8.07. The normalized spacial score (nSPS) is 10.9. The Bertz CT molecular complexity index is 457. The second kappa shape index (κ2) is 4.80. The van der Waals surface area contributed by atoms with Gasteiger partial charge in [-0.05, 0) is 31.2 Å². The van der Waals surface area contributed by atoms with E-state index in [0.29, 0.717) is 6.54 Å². The Morgan fingerprint density at radius 2 is 2.25 bits per heavy atom. The monoisotopic (exact) mass is 235 g/mol. The van der Waals surface area contributed by atoms with Crippen LogP contribution in [0.25, 0.3) is 0 Å². The molecule has 0 amide bonds.